The predicted octanol–water partition coefficient (Wildman–Crippen LogP) is 1.02. The van der Waals surface area contributed by atoms with Crippen LogP contribution in [0.25, 0.3) is 0 Å². The van der Waals surface area contributed by atoms with Crippen LogP contribution in [-0.4, -0.2) is 37.0 Å². The Kier molecular flexibility index (Phi) is 3.10. The minimum absolute atomic E-state index is 0.242. The van der Waals surface area contributed by atoms with Gasteiger partial charge in [-0.3, -0.25) is 4.79 Å². The first-order valence-electron chi connectivity index (χ1n) is 5.89. The van der Waals surface area contributed by atoms with Crippen LogP contribution in [0.2, 0.25) is 0 Å². The number of nitrogens with zero attached hydrogens (tertiary/aromatic N) is 1. The van der Waals surface area contributed by atoms with Crippen molar-refractivity contribution < 1.29 is 4.79 Å². The van der Waals surface area contributed by atoms with Crippen LogP contribution in [0, 0.1) is 11.8 Å². The van der Waals surface area contributed by atoms with Gasteiger partial charge in [0.2, 0.25) is 5.91 Å². The zero-order valence-electron chi connectivity index (χ0n) is 9.62. The van der Waals surface area contributed by atoms with E-state index in [-0.39, 0.29) is 5.91 Å². The fraction of sp³-hybridized carbons (Fsp3) is 0.750. The summed E-state index contributed by atoms with van der Waals surface area (Å²) >= 11 is 0. The maximum absolute atomic E-state index is 12.0. The second-order valence-electron chi connectivity index (χ2n) is 4.68. The first-order valence-corrected chi connectivity index (χ1v) is 5.89. The van der Waals surface area contributed by atoms with E-state index in [2.05, 4.69) is 12.2 Å². The summed E-state index contributed by atoms with van der Waals surface area (Å²) in [5.41, 5.74) is 0.908. The second-order valence-corrected chi connectivity index (χ2v) is 4.68. The van der Waals surface area contributed by atoms with Gasteiger partial charge in [-0.1, -0.05) is 13.0 Å². The third kappa shape index (κ3) is 2.07. The zero-order valence-corrected chi connectivity index (χ0v) is 9.62. The molecule has 2 heterocycles. The number of hydrogen-bond acceptors (Lipinski definition) is 2. The molecule has 2 unspecified atom stereocenters. The van der Waals surface area contributed by atoms with Crippen molar-refractivity contribution in [1.29, 1.82) is 0 Å². The molecular formula is C12H20N2O. The van der Waals surface area contributed by atoms with Crippen LogP contribution in [0.3, 0.4) is 0 Å². The molecule has 2 fully saturated rings. The normalized spacial score (nSPS) is 30.8. The van der Waals surface area contributed by atoms with E-state index < -0.39 is 0 Å². The van der Waals surface area contributed by atoms with Crippen LogP contribution in [-0.2, 0) is 4.79 Å². The maximum atomic E-state index is 12.0. The monoisotopic (exact) mass is 208 g/mol. The van der Waals surface area contributed by atoms with Crippen molar-refractivity contribution in [2.75, 3.05) is 26.2 Å². The standard InChI is InChI=1S/C12H20N2O/c1-3-4-9(2)12(15)14-7-10-5-13-6-11(10)8-14/h4,10-11,13H,3,5-8H2,1-2H3. The lowest BCUT2D eigenvalue weighted by molar-refractivity contribution is -0.126. The molecule has 1 N–H and O–H groups in total. The lowest BCUT2D eigenvalue weighted by Crippen LogP contribution is -2.32. The molecule has 0 aromatic carbocycles. The highest BCUT2D eigenvalue weighted by atomic mass is 16.2. The Bertz CT molecular complexity index is 273. The molecule has 84 valence electrons. The molecule has 2 rings (SSSR count). The van der Waals surface area contributed by atoms with Crippen LogP contribution in [0.5, 0.6) is 0 Å². The molecule has 0 aromatic heterocycles. The molecule has 0 aliphatic carbocycles. The van der Waals surface area contributed by atoms with Crippen molar-refractivity contribution in [2.45, 2.75) is 20.3 Å². The molecule has 1 amide bonds. The Hall–Kier alpha value is -0.830. The highest BCUT2D eigenvalue weighted by molar-refractivity contribution is 5.93. The largest absolute Gasteiger partial charge is 0.338 e. The molecule has 0 spiro atoms. The van der Waals surface area contributed by atoms with Gasteiger partial charge in [-0.2, -0.15) is 0 Å². The minimum atomic E-state index is 0.242. The van der Waals surface area contributed by atoms with E-state index in [1.165, 1.54) is 0 Å². The van der Waals surface area contributed by atoms with Crippen molar-refractivity contribution in [3.05, 3.63) is 11.6 Å². The number of carbonyl (C=O) groups excluding carboxylic acids is 1. The molecule has 2 saturated heterocycles. The number of likely N-dealkylation sites (tertiary alicyclic amines) is 1. The van der Waals surface area contributed by atoms with Gasteiger partial charge < -0.3 is 10.2 Å². The van der Waals surface area contributed by atoms with Crippen LogP contribution < -0.4 is 5.32 Å². The predicted molar refractivity (Wildman–Crippen MR) is 60.5 cm³/mol. The number of nitrogens with one attached hydrogen (secondary N) is 1. The van der Waals surface area contributed by atoms with Gasteiger partial charge in [0.25, 0.3) is 0 Å². The molecule has 0 aromatic rings. The van der Waals surface area contributed by atoms with Gasteiger partial charge in [-0.05, 0) is 25.2 Å². The molecule has 2 aliphatic heterocycles. The summed E-state index contributed by atoms with van der Waals surface area (Å²) in [4.78, 5) is 14.0. The smallest absolute Gasteiger partial charge is 0.249 e. The third-order valence-corrected chi connectivity index (χ3v) is 3.52. The van der Waals surface area contributed by atoms with E-state index in [4.69, 9.17) is 0 Å². The summed E-state index contributed by atoms with van der Waals surface area (Å²) in [6.07, 6.45) is 2.97. The molecule has 3 heteroatoms. The highest BCUT2D eigenvalue weighted by Crippen LogP contribution is 2.27. The molecule has 0 bridgehead atoms. The third-order valence-electron chi connectivity index (χ3n) is 3.52. The van der Waals surface area contributed by atoms with E-state index in [0.29, 0.717) is 11.8 Å². The quantitative estimate of drug-likeness (QED) is 0.687. The lowest BCUT2D eigenvalue weighted by atomic mass is 10.0. The van der Waals surface area contributed by atoms with E-state index >= 15 is 0 Å². The summed E-state index contributed by atoms with van der Waals surface area (Å²) in [5, 5.41) is 3.39. The van der Waals surface area contributed by atoms with E-state index in [1.807, 2.05) is 17.9 Å². The Labute approximate surface area is 91.5 Å². The van der Waals surface area contributed by atoms with Crippen LogP contribution in [0.4, 0.5) is 0 Å². The van der Waals surface area contributed by atoms with Crippen molar-refractivity contribution in [1.82, 2.24) is 10.2 Å². The molecule has 2 aliphatic rings. The van der Waals surface area contributed by atoms with E-state index in [1.54, 1.807) is 0 Å². The Morgan fingerprint density at radius 2 is 2.00 bits per heavy atom. The fourth-order valence-electron chi connectivity index (χ4n) is 2.66. The van der Waals surface area contributed by atoms with Crippen LogP contribution >= 0.6 is 0 Å². The van der Waals surface area contributed by atoms with Gasteiger partial charge in [-0.25, -0.2) is 0 Å². The van der Waals surface area contributed by atoms with E-state index in [0.717, 1.165) is 38.2 Å². The van der Waals surface area contributed by atoms with Crippen LogP contribution in [0.15, 0.2) is 11.6 Å². The molecule has 15 heavy (non-hydrogen) atoms. The topological polar surface area (TPSA) is 32.3 Å². The SMILES string of the molecule is CCC=C(C)C(=O)N1CC2CNCC2C1. The first kappa shape index (κ1) is 10.7. The molecule has 0 saturated carbocycles. The highest BCUT2D eigenvalue weighted by Gasteiger charge is 2.38. The van der Waals surface area contributed by atoms with Gasteiger partial charge in [0.05, 0.1) is 0 Å². The number of rotatable bonds is 2. The van der Waals surface area contributed by atoms with Crippen molar-refractivity contribution in [2.24, 2.45) is 11.8 Å². The minimum Gasteiger partial charge on any atom is -0.338 e. The average Bonchev–Trinajstić information content (AvgIpc) is 2.75. The first-order chi connectivity index (χ1) is 7.22. The molecular weight excluding hydrogens is 188 g/mol. The Morgan fingerprint density at radius 1 is 1.40 bits per heavy atom. The number of allylic oxidation sites excluding steroid dienone is 1. The summed E-state index contributed by atoms with van der Waals surface area (Å²) in [6, 6.07) is 0. The second kappa shape index (κ2) is 4.35. The molecule has 2 atom stereocenters. The number of carbonyl (C=O) groups is 1. The van der Waals surface area contributed by atoms with Gasteiger partial charge in [0, 0.05) is 31.8 Å². The Morgan fingerprint density at radius 3 is 2.53 bits per heavy atom. The molecule has 0 radical (unpaired) electrons. The summed E-state index contributed by atoms with van der Waals surface area (Å²) in [7, 11) is 0. The van der Waals surface area contributed by atoms with Crippen molar-refractivity contribution >= 4 is 5.91 Å². The summed E-state index contributed by atoms with van der Waals surface area (Å²) in [5.74, 6) is 1.64. The number of amides is 1. The van der Waals surface area contributed by atoms with Crippen LogP contribution in [0.1, 0.15) is 20.3 Å². The summed E-state index contributed by atoms with van der Waals surface area (Å²) in [6.45, 7) is 8.07. The number of hydrogen-bond donors (Lipinski definition) is 1. The lowest BCUT2D eigenvalue weighted by Gasteiger charge is -2.17. The van der Waals surface area contributed by atoms with E-state index in [9.17, 15) is 4.79 Å². The van der Waals surface area contributed by atoms with Gasteiger partial charge >= 0.3 is 0 Å². The average molecular weight is 208 g/mol. The summed E-state index contributed by atoms with van der Waals surface area (Å²) < 4.78 is 0. The Balaban J connectivity index is 1.96. The molecule has 3 nitrogen and oxygen atoms in total. The van der Waals surface area contributed by atoms with Gasteiger partial charge in [0.15, 0.2) is 0 Å². The fourth-order valence-corrected chi connectivity index (χ4v) is 2.66. The van der Waals surface area contributed by atoms with Crippen molar-refractivity contribution in [3.63, 3.8) is 0 Å². The zero-order chi connectivity index (χ0) is 10.8. The van der Waals surface area contributed by atoms with Gasteiger partial charge in [0.1, 0.15) is 0 Å². The maximum Gasteiger partial charge on any atom is 0.249 e. The van der Waals surface area contributed by atoms with Gasteiger partial charge in [-0.15, -0.1) is 0 Å². The number of fused-ring (bicyclic) bond motifs is 1. The van der Waals surface area contributed by atoms with Crippen molar-refractivity contribution in [3.8, 4) is 0 Å².